The molecule has 0 aromatic heterocycles. The van der Waals surface area contributed by atoms with Gasteiger partial charge in [-0.1, -0.05) is 0 Å². The summed E-state index contributed by atoms with van der Waals surface area (Å²) < 4.78 is 24.6. The Balaban J connectivity index is 1.65. The van der Waals surface area contributed by atoms with Crippen molar-refractivity contribution in [2.45, 2.75) is 18.2 Å². The average molecular weight is 292 g/mol. The van der Waals surface area contributed by atoms with Crippen LogP contribution in [0.15, 0.2) is 18.2 Å². The number of halogens is 1. The molecule has 1 aromatic rings. The lowest BCUT2D eigenvalue weighted by molar-refractivity contribution is -0.0599. The molecule has 3 heterocycles. The predicted molar refractivity (Wildman–Crippen MR) is 72.9 cm³/mol. The molecular weight excluding hydrogens is 275 g/mol. The van der Waals surface area contributed by atoms with Crippen LogP contribution in [0.1, 0.15) is 10.4 Å². The van der Waals surface area contributed by atoms with Crippen LogP contribution in [0, 0.1) is 5.82 Å². The van der Waals surface area contributed by atoms with Gasteiger partial charge in [0.1, 0.15) is 17.7 Å². The lowest BCUT2D eigenvalue weighted by Gasteiger charge is -2.34. The minimum Gasteiger partial charge on any atom is -0.486 e. The number of rotatable bonds is 1. The highest BCUT2D eigenvalue weighted by Crippen LogP contribution is 2.32. The summed E-state index contributed by atoms with van der Waals surface area (Å²) in [5.41, 5.74) is 0.437. The number of nitrogens with zero attached hydrogens (tertiary/aromatic N) is 2. The number of likely N-dealkylation sites (N-methyl/N-ethyl adjacent to an activating group) is 1. The van der Waals surface area contributed by atoms with Gasteiger partial charge in [-0.3, -0.25) is 9.69 Å². The van der Waals surface area contributed by atoms with E-state index >= 15 is 0 Å². The van der Waals surface area contributed by atoms with Gasteiger partial charge in [0, 0.05) is 26.2 Å². The fourth-order valence-electron chi connectivity index (χ4n) is 3.28. The summed E-state index contributed by atoms with van der Waals surface area (Å²) in [6.07, 6.45) is -0.123. The van der Waals surface area contributed by atoms with Gasteiger partial charge in [-0.25, -0.2) is 4.39 Å². The van der Waals surface area contributed by atoms with E-state index in [0.717, 1.165) is 26.3 Å². The molecule has 0 N–H and O–H groups in total. The minimum atomic E-state index is -0.384. The number of ether oxygens (including phenoxy) is 2. The smallest absolute Gasteiger partial charge is 0.257 e. The van der Waals surface area contributed by atoms with Crippen LogP contribution in [0.4, 0.5) is 4.39 Å². The fraction of sp³-hybridized carbons (Fsp3) is 0.533. The highest BCUT2D eigenvalue weighted by atomic mass is 19.1. The Morgan fingerprint density at radius 2 is 2.10 bits per heavy atom. The van der Waals surface area contributed by atoms with E-state index in [1.54, 1.807) is 11.9 Å². The Labute approximate surface area is 122 Å². The maximum Gasteiger partial charge on any atom is 0.257 e. The summed E-state index contributed by atoms with van der Waals surface area (Å²) in [6.45, 7) is 2.99. The molecular formula is C15H17FN2O3. The van der Waals surface area contributed by atoms with E-state index in [9.17, 15) is 9.18 Å². The van der Waals surface area contributed by atoms with Gasteiger partial charge in [0.25, 0.3) is 5.91 Å². The van der Waals surface area contributed by atoms with Crippen LogP contribution in [-0.4, -0.2) is 67.2 Å². The number of carbonyl (C=O) groups is 1. The van der Waals surface area contributed by atoms with Crippen LogP contribution < -0.4 is 4.74 Å². The first-order valence-corrected chi connectivity index (χ1v) is 7.18. The molecule has 5 nitrogen and oxygen atoms in total. The summed E-state index contributed by atoms with van der Waals surface area (Å²) >= 11 is 0. The van der Waals surface area contributed by atoms with Crippen LogP contribution >= 0.6 is 0 Å². The molecule has 112 valence electrons. The van der Waals surface area contributed by atoms with E-state index < -0.39 is 0 Å². The molecule has 0 saturated carbocycles. The molecule has 0 radical (unpaired) electrons. The van der Waals surface area contributed by atoms with E-state index in [0.29, 0.717) is 17.4 Å². The number of likely N-dealkylation sites (tertiary alicyclic amines) is 1. The Kier molecular flexibility index (Phi) is 2.90. The van der Waals surface area contributed by atoms with Crippen molar-refractivity contribution in [2.75, 3.05) is 33.4 Å². The molecule has 2 fully saturated rings. The van der Waals surface area contributed by atoms with Crippen molar-refractivity contribution < 1.29 is 18.7 Å². The molecule has 0 unspecified atom stereocenters. The van der Waals surface area contributed by atoms with Gasteiger partial charge in [0.05, 0.1) is 30.9 Å². The Morgan fingerprint density at radius 3 is 2.81 bits per heavy atom. The lowest BCUT2D eigenvalue weighted by Crippen LogP contribution is -2.49. The van der Waals surface area contributed by atoms with Crippen LogP contribution in [0.3, 0.4) is 0 Å². The molecule has 1 amide bonds. The third-order valence-electron chi connectivity index (χ3n) is 4.67. The normalized spacial score (nSPS) is 29.4. The molecule has 0 bridgehead atoms. The number of carbonyl (C=O) groups excluding carboxylic acids is 1. The molecule has 6 heteroatoms. The zero-order chi connectivity index (χ0) is 14.6. The second kappa shape index (κ2) is 4.68. The molecule has 0 spiro atoms. The van der Waals surface area contributed by atoms with Crippen LogP contribution in [0.2, 0.25) is 0 Å². The standard InChI is InChI=1S/C15H17FN2O3/c1-17-12-5-18(10-7-20-8-10)6-14(12)21-13-4-9(16)2-3-11(13)15(17)19/h2-4,10,12,14H,5-8H2,1H3/t12-,14+/m1/s1. The van der Waals surface area contributed by atoms with Gasteiger partial charge >= 0.3 is 0 Å². The quantitative estimate of drug-likeness (QED) is 0.766. The third kappa shape index (κ3) is 2.01. The van der Waals surface area contributed by atoms with Crippen LogP contribution in [0.5, 0.6) is 5.75 Å². The molecule has 3 aliphatic rings. The molecule has 1 aromatic carbocycles. The number of amides is 1. The van der Waals surface area contributed by atoms with Gasteiger partial charge < -0.3 is 14.4 Å². The zero-order valence-electron chi connectivity index (χ0n) is 11.8. The number of fused-ring (bicyclic) bond motifs is 2. The molecule has 3 aliphatic heterocycles. The topological polar surface area (TPSA) is 42.0 Å². The third-order valence-corrected chi connectivity index (χ3v) is 4.67. The second-order valence-electron chi connectivity index (χ2n) is 5.93. The van der Waals surface area contributed by atoms with E-state index in [4.69, 9.17) is 9.47 Å². The summed E-state index contributed by atoms with van der Waals surface area (Å²) in [6, 6.07) is 4.51. The molecule has 2 saturated heterocycles. The monoisotopic (exact) mass is 292 g/mol. The van der Waals surface area contributed by atoms with E-state index in [2.05, 4.69) is 4.90 Å². The first-order chi connectivity index (χ1) is 10.1. The maximum absolute atomic E-state index is 13.4. The van der Waals surface area contributed by atoms with Gasteiger partial charge in [-0.05, 0) is 12.1 Å². The molecule has 0 aliphatic carbocycles. The highest BCUT2D eigenvalue weighted by Gasteiger charge is 2.45. The van der Waals surface area contributed by atoms with E-state index in [1.807, 2.05) is 0 Å². The van der Waals surface area contributed by atoms with Gasteiger partial charge in [-0.2, -0.15) is 0 Å². The summed E-state index contributed by atoms with van der Waals surface area (Å²) in [5.74, 6) is -0.139. The first-order valence-electron chi connectivity index (χ1n) is 7.18. The van der Waals surface area contributed by atoms with Crippen LogP contribution in [0.25, 0.3) is 0 Å². The second-order valence-corrected chi connectivity index (χ2v) is 5.93. The summed E-state index contributed by atoms with van der Waals surface area (Å²) in [5, 5.41) is 0. The zero-order valence-corrected chi connectivity index (χ0v) is 11.8. The van der Waals surface area contributed by atoms with Gasteiger partial charge in [-0.15, -0.1) is 0 Å². The predicted octanol–water partition coefficient (Wildman–Crippen LogP) is 0.742. The van der Waals surface area contributed by atoms with Gasteiger partial charge in [0.15, 0.2) is 0 Å². The average Bonchev–Trinajstić information content (AvgIpc) is 2.75. The number of benzene rings is 1. The molecule has 4 rings (SSSR count). The first kappa shape index (κ1) is 13.0. The SMILES string of the molecule is CN1C(=O)c2ccc(F)cc2O[C@H]2CN(C3COC3)C[C@H]21. The Hall–Kier alpha value is -1.66. The number of hydrogen-bond acceptors (Lipinski definition) is 4. The largest absolute Gasteiger partial charge is 0.486 e. The molecule has 21 heavy (non-hydrogen) atoms. The molecule has 2 atom stereocenters. The van der Waals surface area contributed by atoms with Crippen LogP contribution in [-0.2, 0) is 4.74 Å². The van der Waals surface area contributed by atoms with Crippen molar-refractivity contribution in [3.8, 4) is 5.75 Å². The summed E-state index contributed by atoms with van der Waals surface area (Å²) in [7, 11) is 1.79. The van der Waals surface area contributed by atoms with Crippen molar-refractivity contribution in [1.29, 1.82) is 0 Å². The minimum absolute atomic E-state index is 0.00596. The lowest BCUT2D eigenvalue weighted by atomic mass is 10.1. The fourth-order valence-corrected chi connectivity index (χ4v) is 3.28. The van der Waals surface area contributed by atoms with Gasteiger partial charge in [0.2, 0.25) is 0 Å². The number of hydrogen-bond donors (Lipinski definition) is 0. The maximum atomic E-state index is 13.4. The summed E-state index contributed by atoms with van der Waals surface area (Å²) in [4.78, 5) is 16.6. The highest BCUT2D eigenvalue weighted by molar-refractivity contribution is 5.97. The van der Waals surface area contributed by atoms with E-state index in [-0.39, 0.29) is 23.9 Å². The van der Waals surface area contributed by atoms with Crippen molar-refractivity contribution in [2.24, 2.45) is 0 Å². The Bertz CT molecular complexity index is 590. The van der Waals surface area contributed by atoms with Crippen molar-refractivity contribution >= 4 is 5.91 Å². The van der Waals surface area contributed by atoms with E-state index in [1.165, 1.54) is 18.2 Å². The Morgan fingerprint density at radius 1 is 1.29 bits per heavy atom. The van der Waals surface area contributed by atoms with Crippen molar-refractivity contribution in [3.63, 3.8) is 0 Å². The van der Waals surface area contributed by atoms with Crippen molar-refractivity contribution in [1.82, 2.24) is 9.80 Å². The van der Waals surface area contributed by atoms with Crippen molar-refractivity contribution in [3.05, 3.63) is 29.6 Å².